The molecule has 0 spiro atoms. The van der Waals surface area contributed by atoms with E-state index in [1.54, 1.807) is 48.8 Å². The molecular formula is C22H19N3O4. The second kappa shape index (κ2) is 7.63. The number of hydrogen-bond acceptors (Lipinski definition) is 4. The summed E-state index contributed by atoms with van der Waals surface area (Å²) in [7, 11) is 1.54. The number of carbonyl (C=O) groups excluding carboxylic acids is 1. The van der Waals surface area contributed by atoms with Gasteiger partial charge in [-0.05, 0) is 35.9 Å². The minimum atomic E-state index is -1.00. The van der Waals surface area contributed by atoms with Crippen LogP contribution in [0, 0.1) is 0 Å². The monoisotopic (exact) mass is 389 g/mol. The number of H-pyrrole nitrogens is 1. The number of carbonyl (C=O) groups is 2. The average molecular weight is 389 g/mol. The standard InChI is InChI=1S/C22H19N3O4/c1-29-15-4-2-3-13(9-15)18(11-21(26)27)25-22(28)14-5-6-16-17-7-8-23-12-20(17)24-19(16)10-14/h2-10,12,18,24H,11H2,1H3,(H,25,28)(H,26,27). The summed E-state index contributed by atoms with van der Waals surface area (Å²) in [4.78, 5) is 31.6. The molecule has 7 heteroatoms. The van der Waals surface area contributed by atoms with Crippen molar-refractivity contribution < 1.29 is 19.4 Å². The summed E-state index contributed by atoms with van der Waals surface area (Å²) in [6.07, 6.45) is 3.22. The molecule has 0 aliphatic heterocycles. The van der Waals surface area contributed by atoms with Gasteiger partial charge < -0.3 is 20.1 Å². The Morgan fingerprint density at radius 1 is 1.14 bits per heavy atom. The van der Waals surface area contributed by atoms with Crippen molar-refractivity contribution in [3.05, 3.63) is 72.1 Å². The third-order valence-electron chi connectivity index (χ3n) is 4.84. The molecule has 0 radical (unpaired) electrons. The minimum absolute atomic E-state index is 0.237. The Kier molecular flexibility index (Phi) is 4.87. The first kappa shape index (κ1) is 18.5. The molecule has 1 unspecified atom stereocenters. The lowest BCUT2D eigenvalue weighted by Gasteiger charge is -2.18. The van der Waals surface area contributed by atoms with Gasteiger partial charge in [-0.1, -0.05) is 18.2 Å². The molecule has 0 saturated carbocycles. The SMILES string of the molecule is COc1cccc(C(CC(=O)O)NC(=O)c2ccc3c(c2)[nH]c2cnccc23)c1. The fraction of sp³-hybridized carbons (Fsp3) is 0.136. The topological polar surface area (TPSA) is 104 Å². The van der Waals surface area contributed by atoms with Gasteiger partial charge in [0.2, 0.25) is 0 Å². The van der Waals surface area contributed by atoms with Gasteiger partial charge in [0.15, 0.2) is 0 Å². The van der Waals surface area contributed by atoms with Crippen LogP contribution in [0.2, 0.25) is 0 Å². The number of hydrogen-bond donors (Lipinski definition) is 3. The van der Waals surface area contributed by atoms with Crippen LogP contribution < -0.4 is 10.1 Å². The Hall–Kier alpha value is -3.87. The Bertz CT molecular complexity index is 1220. The van der Waals surface area contributed by atoms with E-state index >= 15 is 0 Å². The van der Waals surface area contributed by atoms with Crippen LogP contribution in [-0.4, -0.2) is 34.1 Å². The molecule has 2 aromatic carbocycles. The molecule has 1 atom stereocenters. The summed E-state index contributed by atoms with van der Waals surface area (Å²) in [5, 5.41) is 14.1. The van der Waals surface area contributed by atoms with Gasteiger partial charge in [-0.25, -0.2) is 0 Å². The molecule has 29 heavy (non-hydrogen) atoms. The first-order valence-corrected chi connectivity index (χ1v) is 9.07. The van der Waals surface area contributed by atoms with Gasteiger partial charge in [-0.15, -0.1) is 0 Å². The molecule has 1 amide bonds. The number of rotatable bonds is 6. The normalized spacial score (nSPS) is 12.0. The van der Waals surface area contributed by atoms with E-state index in [0.717, 1.165) is 21.8 Å². The first-order chi connectivity index (χ1) is 14.0. The lowest BCUT2D eigenvalue weighted by atomic mass is 10.0. The van der Waals surface area contributed by atoms with E-state index in [1.165, 1.54) is 7.11 Å². The number of nitrogens with zero attached hydrogens (tertiary/aromatic N) is 1. The largest absolute Gasteiger partial charge is 0.497 e. The first-order valence-electron chi connectivity index (χ1n) is 9.07. The van der Waals surface area contributed by atoms with Crippen molar-refractivity contribution in [3.63, 3.8) is 0 Å². The van der Waals surface area contributed by atoms with Gasteiger partial charge >= 0.3 is 5.97 Å². The summed E-state index contributed by atoms with van der Waals surface area (Å²) in [5.41, 5.74) is 2.81. The van der Waals surface area contributed by atoms with Gasteiger partial charge in [-0.3, -0.25) is 14.6 Å². The number of amides is 1. The molecule has 0 aliphatic carbocycles. The maximum Gasteiger partial charge on any atom is 0.305 e. The van der Waals surface area contributed by atoms with Crippen molar-refractivity contribution in [1.29, 1.82) is 0 Å². The molecule has 3 N–H and O–H groups in total. The van der Waals surface area contributed by atoms with Crippen LogP contribution in [0.4, 0.5) is 0 Å². The molecule has 2 heterocycles. The molecule has 146 valence electrons. The van der Waals surface area contributed by atoms with E-state index in [4.69, 9.17) is 4.74 Å². The maximum atomic E-state index is 12.9. The zero-order valence-electron chi connectivity index (χ0n) is 15.7. The van der Waals surface area contributed by atoms with Crippen LogP contribution in [0.25, 0.3) is 21.8 Å². The van der Waals surface area contributed by atoms with Crippen molar-refractivity contribution in [2.75, 3.05) is 7.11 Å². The lowest BCUT2D eigenvalue weighted by Crippen LogP contribution is -2.30. The highest BCUT2D eigenvalue weighted by Gasteiger charge is 2.20. The summed E-state index contributed by atoms with van der Waals surface area (Å²) in [6.45, 7) is 0. The van der Waals surface area contributed by atoms with E-state index in [0.29, 0.717) is 16.9 Å². The van der Waals surface area contributed by atoms with Crippen molar-refractivity contribution in [3.8, 4) is 5.75 Å². The Balaban J connectivity index is 1.64. The highest BCUT2D eigenvalue weighted by atomic mass is 16.5. The molecule has 0 aliphatic rings. The van der Waals surface area contributed by atoms with Gasteiger partial charge in [0.05, 0.1) is 31.3 Å². The third kappa shape index (κ3) is 3.75. The van der Waals surface area contributed by atoms with Crippen molar-refractivity contribution in [2.45, 2.75) is 12.5 Å². The van der Waals surface area contributed by atoms with E-state index < -0.39 is 12.0 Å². The Morgan fingerprint density at radius 2 is 1.97 bits per heavy atom. The van der Waals surface area contributed by atoms with Crippen LogP contribution in [0.3, 0.4) is 0 Å². The number of methoxy groups -OCH3 is 1. The van der Waals surface area contributed by atoms with Crippen molar-refractivity contribution >= 4 is 33.7 Å². The third-order valence-corrected chi connectivity index (χ3v) is 4.84. The minimum Gasteiger partial charge on any atom is -0.497 e. The molecule has 4 rings (SSSR count). The number of carboxylic acids is 1. The number of aromatic nitrogens is 2. The molecular weight excluding hydrogens is 370 g/mol. The van der Waals surface area contributed by atoms with E-state index in [9.17, 15) is 14.7 Å². The molecule has 7 nitrogen and oxygen atoms in total. The number of nitrogens with one attached hydrogen (secondary N) is 2. The van der Waals surface area contributed by atoms with Gasteiger partial charge in [0.1, 0.15) is 5.75 Å². The van der Waals surface area contributed by atoms with E-state index in [1.807, 2.05) is 12.1 Å². The number of carboxylic acid groups (broad SMARTS) is 1. The van der Waals surface area contributed by atoms with Gasteiger partial charge in [0.25, 0.3) is 5.91 Å². The quantitative estimate of drug-likeness (QED) is 0.467. The van der Waals surface area contributed by atoms with E-state index in [-0.39, 0.29) is 12.3 Å². The second-order valence-electron chi connectivity index (χ2n) is 6.71. The highest BCUT2D eigenvalue weighted by Crippen LogP contribution is 2.26. The number of ether oxygens (including phenoxy) is 1. The molecule has 0 fully saturated rings. The molecule has 4 aromatic rings. The number of benzene rings is 2. The van der Waals surface area contributed by atoms with Crippen LogP contribution >= 0.6 is 0 Å². The predicted molar refractivity (Wildman–Crippen MR) is 109 cm³/mol. The predicted octanol–water partition coefficient (Wildman–Crippen LogP) is 3.67. The summed E-state index contributed by atoms with van der Waals surface area (Å²) in [5.74, 6) is -0.755. The zero-order chi connectivity index (χ0) is 20.4. The molecule has 0 saturated heterocycles. The number of pyridine rings is 1. The summed E-state index contributed by atoms with van der Waals surface area (Å²) in [6, 6.07) is 13.6. The van der Waals surface area contributed by atoms with Crippen LogP contribution in [0.5, 0.6) is 5.75 Å². The number of fused-ring (bicyclic) bond motifs is 3. The van der Waals surface area contributed by atoms with Crippen LogP contribution in [0.15, 0.2) is 60.9 Å². The molecule has 2 aromatic heterocycles. The van der Waals surface area contributed by atoms with Crippen LogP contribution in [0.1, 0.15) is 28.4 Å². The fourth-order valence-corrected chi connectivity index (χ4v) is 3.42. The van der Waals surface area contributed by atoms with Gasteiger partial charge in [0, 0.05) is 28.0 Å². The Morgan fingerprint density at radius 3 is 2.76 bits per heavy atom. The van der Waals surface area contributed by atoms with Crippen LogP contribution in [-0.2, 0) is 4.79 Å². The molecule has 0 bridgehead atoms. The summed E-state index contributed by atoms with van der Waals surface area (Å²) < 4.78 is 5.21. The summed E-state index contributed by atoms with van der Waals surface area (Å²) >= 11 is 0. The highest BCUT2D eigenvalue weighted by molar-refractivity contribution is 6.09. The number of aromatic amines is 1. The smallest absolute Gasteiger partial charge is 0.305 e. The zero-order valence-corrected chi connectivity index (χ0v) is 15.7. The average Bonchev–Trinajstić information content (AvgIpc) is 3.10. The lowest BCUT2D eigenvalue weighted by molar-refractivity contribution is -0.137. The fourth-order valence-electron chi connectivity index (χ4n) is 3.42. The van der Waals surface area contributed by atoms with Crippen molar-refractivity contribution in [1.82, 2.24) is 15.3 Å². The van der Waals surface area contributed by atoms with Gasteiger partial charge in [-0.2, -0.15) is 0 Å². The Labute approximate surface area is 166 Å². The maximum absolute atomic E-state index is 12.9. The second-order valence-corrected chi connectivity index (χ2v) is 6.71. The van der Waals surface area contributed by atoms with E-state index in [2.05, 4.69) is 15.3 Å². The number of aliphatic carboxylic acids is 1. The van der Waals surface area contributed by atoms with Crippen molar-refractivity contribution in [2.24, 2.45) is 0 Å².